The second-order valence-electron chi connectivity index (χ2n) is 19.4. The monoisotopic (exact) mass is 1080 g/mol. The number of nitrogens with zero attached hydrogens (tertiary/aromatic N) is 5. The lowest BCUT2D eigenvalue weighted by molar-refractivity contribution is -0.754. The van der Waals surface area contributed by atoms with E-state index in [0.717, 1.165) is 17.4 Å². The van der Waals surface area contributed by atoms with Gasteiger partial charge in [-0.3, -0.25) is 19.5 Å². The molecule has 0 saturated carbocycles. The predicted molar refractivity (Wildman–Crippen MR) is 266 cm³/mol. The number of rotatable bonds is 20. The number of carbonyl (C=O) groups excluding carboxylic acids is 5. The third-order valence-electron chi connectivity index (χ3n) is 10.6. The normalized spacial score (nSPS) is 15.5. The van der Waals surface area contributed by atoms with Crippen LogP contribution in [0.5, 0.6) is 5.75 Å². The molecule has 5 N–H and O–H groups in total. The van der Waals surface area contributed by atoms with Gasteiger partial charge in [0.1, 0.15) is 47.7 Å². The number of anilines is 1. The van der Waals surface area contributed by atoms with Gasteiger partial charge in [0.05, 0.1) is 23.4 Å². The summed E-state index contributed by atoms with van der Waals surface area (Å²) in [4.78, 5) is 76.5. The van der Waals surface area contributed by atoms with Crippen LogP contribution in [0.3, 0.4) is 0 Å². The van der Waals surface area contributed by atoms with Crippen molar-refractivity contribution in [1.82, 2.24) is 25.4 Å². The number of benzene rings is 3. The Bertz CT molecular complexity index is 2970. The number of ether oxygens (including phenoxy) is 4. The van der Waals surface area contributed by atoms with Crippen LogP contribution in [0.1, 0.15) is 78.3 Å². The molecule has 3 heterocycles. The average molecular weight is 1080 g/mol. The number of thiazole rings is 1. The molecule has 0 radical (unpaired) electrons. The van der Waals surface area contributed by atoms with E-state index in [0.29, 0.717) is 21.8 Å². The molecular formula is C49H58FN8O15S2+. The van der Waals surface area contributed by atoms with Crippen molar-refractivity contribution in [1.29, 1.82) is 0 Å². The molecule has 1 aliphatic rings. The zero-order chi connectivity index (χ0) is 55.0. The van der Waals surface area contributed by atoms with Crippen molar-refractivity contribution in [3.63, 3.8) is 0 Å². The quantitative estimate of drug-likeness (QED) is 0.0128. The standard InChI is InChI=1S/C49H57FN8O15S2/c1-47(2,3)70-45(63)51-23-32(59)26-57-25-31(24-56(57)9)34-21-20-33(22-35(34)50)68-27-37(43(62)69-39(29-16-12-10-13-17-29)30-18-14-11-15-19-30)72-55-38(36-28-74-44(52-36)54-46(64)71-48(4,5)6)41(60)53-40-42(61)58(49(40,7)8)73-75(65,66)67/h10-22,24-25,28,32,37,39-40,59H,23,26-27H2,1-9H3,(H3-,51,52,53,54,60,63,64,65,66,67)/p+1/b55-38-/t32-,37-,40+/m0/s1. The minimum absolute atomic E-state index is 0.0295. The fraction of sp³-hybridized carbons (Fsp3) is 0.388. The number of hydrogen-bond acceptors (Lipinski definition) is 17. The summed E-state index contributed by atoms with van der Waals surface area (Å²) in [5, 5.41) is 23.7. The molecule has 3 aromatic carbocycles. The molecule has 0 unspecified atom stereocenters. The van der Waals surface area contributed by atoms with Gasteiger partial charge in [-0.25, -0.2) is 23.8 Å². The Morgan fingerprint density at radius 3 is 2.13 bits per heavy atom. The number of aliphatic hydroxyl groups is 1. The van der Waals surface area contributed by atoms with E-state index >= 15 is 4.39 Å². The molecule has 1 aliphatic heterocycles. The van der Waals surface area contributed by atoms with Gasteiger partial charge in [-0.05, 0) is 78.6 Å². The van der Waals surface area contributed by atoms with Crippen molar-refractivity contribution in [2.24, 2.45) is 12.2 Å². The van der Waals surface area contributed by atoms with Crippen molar-refractivity contribution in [3.05, 3.63) is 119 Å². The number of oxime groups is 1. The van der Waals surface area contributed by atoms with Crippen LogP contribution in [0.25, 0.3) is 11.1 Å². The highest BCUT2D eigenvalue weighted by Gasteiger charge is 2.58. The van der Waals surface area contributed by atoms with Gasteiger partial charge in [0.15, 0.2) is 24.0 Å². The molecule has 1 saturated heterocycles. The highest BCUT2D eigenvalue weighted by Crippen LogP contribution is 2.34. The molecular weight excluding hydrogens is 1020 g/mol. The first-order chi connectivity index (χ1) is 35.1. The average Bonchev–Trinajstić information content (AvgIpc) is 3.93. The van der Waals surface area contributed by atoms with Crippen molar-refractivity contribution in [3.8, 4) is 16.9 Å². The fourth-order valence-corrected chi connectivity index (χ4v) is 8.29. The molecule has 402 valence electrons. The summed E-state index contributed by atoms with van der Waals surface area (Å²) in [6, 6.07) is 19.9. The molecule has 3 atom stereocenters. The molecule has 0 aliphatic carbocycles. The second-order valence-corrected chi connectivity index (χ2v) is 21.3. The number of carbonyl (C=O) groups is 5. The second kappa shape index (κ2) is 23.4. The van der Waals surface area contributed by atoms with Crippen molar-refractivity contribution in [2.45, 2.75) is 103 Å². The molecule has 4 amide bonds. The molecule has 6 rings (SSSR count). The summed E-state index contributed by atoms with van der Waals surface area (Å²) < 4.78 is 78.5. The maximum Gasteiger partial charge on any atom is 0.418 e. The van der Waals surface area contributed by atoms with Gasteiger partial charge in [0, 0.05) is 23.6 Å². The number of hydrogen-bond donors (Lipinski definition) is 5. The molecule has 2 aromatic heterocycles. The Kier molecular flexibility index (Phi) is 17.7. The van der Waals surface area contributed by atoms with Crippen LogP contribution in [0.2, 0.25) is 0 Å². The van der Waals surface area contributed by atoms with Gasteiger partial charge in [0.2, 0.25) is 6.20 Å². The van der Waals surface area contributed by atoms with E-state index in [1.165, 1.54) is 31.4 Å². The fourth-order valence-electron chi connectivity index (χ4n) is 7.16. The summed E-state index contributed by atoms with van der Waals surface area (Å²) in [7, 11) is -3.46. The summed E-state index contributed by atoms with van der Waals surface area (Å²) in [5.41, 5.74) is -2.39. The number of esters is 1. The van der Waals surface area contributed by atoms with Crippen LogP contribution < -0.4 is 25.4 Å². The Labute approximate surface area is 435 Å². The summed E-state index contributed by atoms with van der Waals surface area (Å²) in [6.45, 7) is 11.9. The van der Waals surface area contributed by atoms with Gasteiger partial charge < -0.3 is 39.5 Å². The first kappa shape index (κ1) is 56.8. The molecule has 26 heteroatoms. The number of aromatic nitrogens is 3. The van der Waals surface area contributed by atoms with Gasteiger partial charge in [-0.15, -0.1) is 20.3 Å². The van der Waals surface area contributed by atoms with E-state index in [4.69, 9.17) is 23.8 Å². The maximum absolute atomic E-state index is 16.0. The number of alkyl carbamates (subject to hydrolysis) is 1. The van der Waals surface area contributed by atoms with Crippen LogP contribution >= 0.6 is 11.3 Å². The third kappa shape index (κ3) is 15.7. The molecule has 0 spiro atoms. The third-order valence-corrected chi connectivity index (χ3v) is 11.7. The van der Waals surface area contributed by atoms with E-state index in [9.17, 15) is 42.0 Å². The van der Waals surface area contributed by atoms with Crippen LogP contribution in [-0.2, 0) is 61.7 Å². The molecule has 1 fully saturated rings. The number of nitrogens with one attached hydrogen (secondary N) is 3. The zero-order valence-electron chi connectivity index (χ0n) is 42.3. The SMILES string of the molecule is C[n+]1cc(-c2ccc(OC[C@H](O/N=C(\C(=O)N[C@@H]3C(=O)N(OS(=O)(=O)O)C3(C)C)c3csc(NC(=O)OC(C)(C)C)n3)C(=O)OC(c3ccccc3)c3ccccc3)cc2F)cn1C[C@@H](O)CNC(=O)OC(C)(C)C. The summed E-state index contributed by atoms with van der Waals surface area (Å²) in [5.74, 6) is -4.10. The largest absolute Gasteiger partial charge is 0.489 e. The lowest BCUT2D eigenvalue weighted by Crippen LogP contribution is -2.76. The highest BCUT2D eigenvalue weighted by molar-refractivity contribution is 7.80. The Hall–Kier alpha value is -7.52. The lowest BCUT2D eigenvalue weighted by Gasteiger charge is -2.50. The van der Waals surface area contributed by atoms with Gasteiger partial charge >= 0.3 is 28.6 Å². The topological polar surface area (TPSA) is 289 Å². The zero-order valence-corrected chi connectivity index (χ0v) is 43.9. The summed E-state index contributed by atoms with van der Waals surface area (Å²) in [6.07, 6.45) is -2.22. The molecule has 0 bridgehead atoms. The van der Waals surface area contributed by atoms with Crippen molar-refractivity contribution in [2.75, 3.05) is 18.5 Å². The van der Waals surface area contributed by atoms with Crippen LogP contribution in [0, 0.1) is 5.82 Å². The predicted octanol–water partition coefficient (Wildman–Crippen LogP) is 5.15. The number of β-lactam (4-membered cyclic amide) rings is 1. The molecule has 75 heavy (non-hydrogen) atoms. The van der Waals surface area contributed by atoms with Crippen molar-refractivity contribution >= 4 is 62.5 Å². The molecule has 23 nitrogen and oxygen atoms in total. The smallest absolute Gasteiger partial charge is 0.418 e. The number of aliphatic hydroxyl groups excluding tert-OH is 1. The molecule has 5 aromatic rings. The van der Waals surface area contributed by atoms with Crippen LogP contribution in [0.15, 0.2) is 102 Å². The number of amides is 4. The van der Waals surface area contributed by atoms with Crippen molar-refractivity contribution < 1.29 is 79.2 Å². The van der Waals surface area contributed by atoms with E-state index in [1.54, 1.807) is 131 Å². The minimum atomic E-state index is -5.15. The first-order valence-electron chi connectivity index (χ1n) is 23.0. The van der Waals surface area contributed by atoms with Gasteiger partial charge in [0.25, 0.3) is 17.9 Å². The van der Waals surface area contributed by atoms with E-state index < -0.39 is 99.6 Å². The highest BCUT2D eigenvalue weighted by atomic mass is 32.3. The first-order valence-corrected chi connectivity index (χ1v) is 25.3. The van der Waals surface area contributed by atoms with E-state index in [-0.39, 0.29) is 35.2 Å². The Balaban J connectivity index is 1.29. The Morgan fingerprint density at radius 2 is 1.56 bits per heavy atom. The summed E-state index contributed by atoms with van der Waals surface area (Å²) >= 11 is 0.844. The van der Waals surface area contributed by atoms with E-state index in [1.807, 2.05) is 0 Å². The Morgan fingerprint density at radius 1 is 0.947 bits per heavy atom. The number of halogens is 1. The van der Waals surface area contributed by atoms with Gasteiger partial charge in [-0.2, -0.15) is 18.2 Å². The van der Waals surface area contributed by atoms with Gasteiger partial charge in [-0.1, -0.05) is 65.8 Å². The minimum Gasteiger partial charge on any atom is -0.489 e. The number of hydroxylamine groups is 2. The number of aryl methyl sites for hydroxylation is 1. The van der Waals surface area contributed by atoms with Crippen LogP contribution in [-0.4, -0.2) is 117 Å². The maximum atomic E-state index is 16.0. The lowest BCUT2D eigenvalue weighted by atomic mass is 9.84. The van der Waals surface area contributed by atoms with Crippen LogP contribution in [0.4, 0.5) is 19.1 Å². The van der Waals surface area contributed by atoms with E-state index in [2.05, 4.69) is 30.4 Å².